The normalized spacial score (nSPS) is 12.7. The van der Waals surface area contributed by atoms with Crippen molar-refractivity contribution in [2.75, 3.05) is 0 Å². The van der Waals surface area contributed by atoms with Gasteiger partial charge >= 0.3 is 5.97 Å². The highest BCUT2D eigenvalue weighted by atomic mass is 32.1. The van der Waals surface area contributed by atoms with Crippen LogP contribution in [0.25, 0.3) is 0 Å². The second-order valence-corrected chi connectivity index (χ2v) is 6.32. The standard InChI is InChI=1S/C12H18N4O4S/c1-12(2,3)9-8(21-16-15-9)10(18)14-6(11(19)20)4-5-7(13)17/h6H,4-5H2,1-3H3,(H2,13,17)(H,14,18)(H,19,20)/t6-/m0/s1. The van der Waals surface area contributed by atoms with E-state index in [0.717, 1.165) is 11.5 Å². The summed E-state index contributed by atoms with van der Waals surface area (Å²) in [5.74, 6) is -2.41. The van der Waals surface area contributed by atoms with Crippen LogP contribution in [0.1, 0.15) is 49.0 Å². The summed E-state index contributed by atoms with van der Waals surface area (Å²) in [5, 5.41) is 15.4. The average Bonchev–Trinajstić information content (AvgIpc) is 2.82. The Balaban J connectivity index is 2.86. The maximum atomic E-state index is 12.2. The molecule has 1 atom stereocenters. The fourth-order valence-electron chi connectivity index (χ4n) is 1.60. The van der Waals surface area contributed by atoms with Crippen LogP contribution in [0.2, 0.25) is 0 Å². The van der Waals surface area contributed by atoms with E-state index >= 15 is 0 Å². The van der Waals surface area contributed by atoms with Gasteiger partial charge in [0.2, 0.25) is 5.91 Å². The zero-order valence-electron chi connectivity index (χ0n) is 12.0. The van der Waals surface area contributed by atoms with E-state index in [2.05, 4.69) is 14.9 Å². The van der Waals surface area contributed by atoms with E-state index < -0.39 is 23.8 Å². The Bertz CT molecular complexity index is 550. The van der Waals surface area contributed by atoms with Gasteiger partial charge in [-0.15, -0.1) is 5.10 Å². The molecule has 1 aromatic rings. The Labute approximate surface area is 125 Å². The molecule has 21 heavy (non-hydrogen) atoms. The molecule has 2 amide bonds. The number of carboxylic acid groups (broad SMARTS) is 1. The van der Waals surface area contributed by atoms with Gasteiger partial charge in [-0.1, -0.05) is 25.3 Å². The van der Waals surface area contributed by atoms with Crippen molar-refractivity contribution in [2.45, 2.75) is 45.1 Å². The molecule has 116 valence electrons. The molecule has 4 N–H and O–H groups in total. The summed E-state index contributed by atoms with van der Waals surface area (Å²) in [7, 11) is 0. The van der Waals surface area contributed by atoms with E-state index in [4.69, 9.17) is 10.8 Å². The lowest BCUT2D eigenvalue weighted by molar-refractivity contribution is -0.139. The van der Waals surface area contributed by atoms with E-state index in [9.17, 15) is 14.4 Å². The van der Waals surface area contributed by atoms with Gasteiger partial charge in [-0.2, -0.15) is 0 Å². The van der Waals surface area contributed by atoms with Gasteiger partial charge in [-0.3, -0.25) is 9.59 Å². The molecule has 0 aliphatic heterocycles. The van der Waals surface area contributed by atoms with Gasteiger partial charge in [-0.25, -0.2) is 4.79 Å². The van der Waals surface area contributed by atoms with Gasteiger partial charge in [0.05, 0.1) is 5.69 Å². The van der Waals surface area contributed by atoms with Crippen LogP contribution in [0.4, 0.5) is 0 Å². The van der Waals surface area contributed by atoms with Crippen LogP contribution in [0.3, 0.4) is 0 Å². The molecule has 0 radical (unpaired) electrons. The Kier molecular flexibility index (Phi) is 5.36. The molecule has 0 spiro atoms. The lowest BCUT2D eigenvalue weighted by Gasteiger charge is -2.17. The fraction of sp³-hybridized carbons (Fsp3) is 0.583. The number of carboxylic acids is 1. The maximum absolute atomic E-state index is 12.2. The Morgan fingerprint density at radius 2 is 2.00 bits per heavy atom. The molecule has 1 rings (SSSR count). The first-order valence-corrected chi connectivity index (χ1v) is 7.05. The second-order valence-electron chi connectivity index (χ2n) is 5.57. The summed E-state index contributed by atoms with van der Waals surface area (Å²) in [6.45, 7) is 5.63. The van der Waals surface area contributed by atoms with Crippen LogP contribution in [0, 0.1) is 0 Å². The number of primary amides is 1. The molecule has 0 fully saturated rings. The van der Waals surface area contributed by atoms with Gasteiger partial charge in [-0.05, 0) is 18.0 Å². The predicted octanol–water partition coefficient (Wildman–Crippen LogP) is 0.284. The number of rotatable bonds is 6. The van der Waals surface area contributed by atoms with Gasteiger partial charge in [0, 0.05) is 11.8 Å². The third-order valence-electron chi connectivity index (χ3n) is 2.69. The average molecular weight is 314 g/mol. The van der Waals surface area contributed by atoms with Crippen LogP contribution in [-0.4, -0.2) is 38.5 Å². The summed E-state index contributed by atoms with van der Waals surface area (Å²) in [6, 6.07) is -1.18. The van der Waals surface area contributed by atoms with Crippen molar-refractivity contribution in [1.29, 1.82) is 0 Å². The molecule has 1 aromatic heterocycles. The number of carbonyl (C=O) groups excluding carboxylic acids is 2. The molecule has 0 saturated carbocycles. The van der Waals surface area contributed by atoms with Crippen molar-refractivity contribution < 1.29 is 19.5 Å². The molecule has 0 saturated heterocycles. The number of aliphatic carboxylic acids is 1. The quantitative estimate of drug-likeness (QED) is 0.690. The third kappa shape index (κ3) is 4.78. The Hall–Kier alpha value is -2.03. The highest BCUT2D eigenvalue weighted by Crippen LogP contribution is 2.25. The first-order chi connectivity index (χ1) is 9.62. The minimum atomic E-state index is -1.22. The molecule has 1 heterocycles. The minimum absolute atomic E-state index is 0.0620. The highest BCUT2D eigenvalue weighted by molar-refractivity contribution is 7.08. The molecule has 0 aromatic carbocycles. The van der Waals surface area contributed by atoms with E-state index in [-0.39, 0.29) is 23.1 Å². The molecule has 0 aliphatic rings. The van der Waals surface area contributed by atoms with Crippen LogP contribution < -0.4 is 11.1 Å². The summed E-state index contributed by atoms with van der Waals surface area (Å²) in [5.41, 5.74) is 5.11. The second kappa shape index (κ2) is 6.61. The number of aromatic nitrogens is 2. The van der Waals surface area contributed by atoms with E-state index in [1.165, 1.54) is 0 Å². The SMILES string of the molecule is CC(C)(C)c1nnsc1C(=O)N[C@@H](CCC(N)=O)C(=O)O. The zero-order valence-corrected chi connectivity index (χ0v) is 12.9. The third-order valence-corrected chi connectivity index (χ3v) is 3.41. The number of hydrogen-bond acceptors (Lipinski definition) is 6. The van der Waals surface area contributed by atoms with Gasteiger partial charge in [0.15, 0.2) is 0 Å². The van der Waals surface area contributed by atoms with Crippen molar-refractivity contribution in [2.24, 2.45) is 5.73 Å². The van der Waals surface area contributed by atoms with Gasteiger partial charge in [0.1, 0.15) is 10.9 Å². The molecule has 0 bridgehead atoms. The molecule has 9 heteroatoms. The van der Waals surface area contributed by atoms with E-state index in [1.54, 1.807) is 0 Å². The van der Waals surface area contributed by atoms with Crippen molar-refractivity contribution in [3.63, 3.8) is 0 Å². The van der Waals surface area contributed by atoms with Crippen molar-refractivity contribution in [1.82, 2.24) is 14.9 Å². The topological polar surface area (TPSA) is 135 Å². The number of nitrogens with two attached hydrogens (primary N) is 1. The summed E-state index contributed by atoms with van der Waals surface area (Å²) in [6.07, 6.45) is -0.183. The first kappa shape index (κ1) is 17.0. The summed E-state index contributed by atoms with van der Waals surface area (Å²) >= 11 is 0.905. The Morgan fingerprint density at radius 3 is 2.48 bits per heavy atom. The lowest BCUT2D eigenvalue weighted by Crippen LogP contribution is -2.41. The molecule has 8 nitrogen and oxygen atoms in total. The summed E-state index contributed by atoms with van der Waals surface area (Å²) < 4.78 is 3.75. The van der Waals surface area contributed by atoms with Crippen molar-refractivity contribution in [3.8, 4) is 0 Å². The first-order valence-electron chi connectivity index (χ1n) is 6.27. The molecule has 0 aliphatic carbocycles. The Morgan fingerprint density at radius 1 is 1.38 bits per heavy atom. The smallest absolute Gasteiger partial charge is 0.326 e. The molecular formula is C12H18N4O4S. The van der Waals surface area contributed by atoms with E-state index in [0.29, 0.717) is 5.69 Å². The van der Waals surface area contributed by atoms with Crippen molar-refractivity contribution >= 4 is 29.3 Å². The number of nitrogens with one attached hydrogen (secondary N) is 1. The molecular weight excluding hydrogens is 296 g/mol. The van der Waals surface area contributed by atoms with Crippen LogP contribution in [0.15, 0.2) is 0 Å². The van der Waals surface area contributed by atoms with E-state index in [1.807, 2.05) is 20.8 Å². The lowest BCUT2D eigenvalue weighted by atomic mass is 9.91. The fourth-order valence-corrected chi connectivity index (χ4v) is 2.38. The van der Waals surface area contributed by atoms with Crippen LogP contribution in [-0.2, 0) is 15.0 Å². The van der Waals surface area contributed by atoms with Crippen LogP contribution in [0.5, 0.6) is 0 Å². The monoisotopic (exact) mass is 314 g/mol. The number of nitrogens with zero attached hydrogens (tertiary/aromatic N) is 2. The number of amides is 2. The predicted molar refractivity (Wildman–Crippen MR) is 75.9 cm³/mol. The highest BCUT2D eigenvalue weighted by Gasteiger charge is 2.29. The zero-order chi connectivity index (χ0) is 16.2. The largest absolute Gasteiger partial charge is 0.480 e. The number of hydrogen-bond donors (Lipinski definition) is 3. The van der Waals surface area contributed by atoms with Crippen molar-refractivity contribution in [3.05, 3.63) is 10.6 Å². The summed E-state index contributed by atoms with van der Waals surface area (Å²) in [4.78, 5) is 34.3. The van der Waals surface area contributed by atoms with Crippen LogP contribution >= 0.6 is 11.5 Å². The maximum Gasteiger partial charge on any atom is 0.326 e. The van der Waals surface area contributed by atoms with Gasteiger partial charge in [0.25, 0.3) is 5.91 Å². The van der Waals surface area contributed by atoms with Gasteiger partial charge < -0.3 is 16.2 Å². The number of carbonyl (C=O) groups is 3. The minimum Gasteiger partial charge on any atom is -0.480 e. The molecule has 0 unspecified atom stereocenters.